The van der Waals surface area contributed by atoms with Crippen LogP contribution in [0.15, 0.2) is 72.8 Å². The summed E-state index contributed by atoms with van der Waals surface area (Å²) in [6.45, 7) is 2.12. The van der Waals surface area contributed by atoms with E-state index in [1.54, 1.807) is 0 Å². The number of H-pyrrole nitrogens is 1. The molecule has 0 saturated heterocycles. The van der Waals surface area contributed by atoms with Crippen LogP contribution in [-0.2, 0) is 6.42 Å². The molecule has 0 amide bonds. The number of fused-ring (bicyclic) bond motifs is 1. The number of carbonyl (C=O) groups excluding carboxylic acids is 1. The quantitative estimate of drug-likeness (QED) is 0.467. The maximum absolute atomic E-state index is 11.7. The first kappa shape index (κ1) is 15.4. The third kappa shape index (κ3) is 2.76. The Kier molecular flexibility index (Phi) is 3.95. The SMILES string of the molecule is CCc1ccc2[nH]c(-c3ccc(-c4ccccc4)cc3)c(C=O)c2c1. The highest BCUT2D eigenvalue weighted by molar-refractivity contribution is 6.04. The van der Waals surface area contributed by atoms with Crippen molar-refractivity contribution < 1.29 is 4.79 Å². The van der Waals surface area contributed by atoms with Gasteiger partial charge in [0.25, 0.3) is 0 Å². The summed E-state index contributed by atoms with van der Waals surface area (Å²) in [6, 6.07) is 24.9. The van der Waals surface area contributed by atoms with Gasteiger partial charge in [-0.05, 0) is 40.8 Å². The largest absolute Gasteiger partial charge is 0.354 e. The van der Waals surface area contributed by atoms with Gasteiger partial charge in [0.05, 0.1) is 5.69 Å². The molecule has 25 heavy (non-hydrogen) atoms. The molecular weight excluding hydrogens is 306 g/mol. The first-order valence-corrected chi connectivity index (χ1v) is 8.56. The molecule has 1 N–H and O–H groups in total. The van der Waals surface area contributed by atoms with Crippen LogP contribution >= 0.6 is 0 Å². The Balaban J connectivity index is 1.80. The van der Waals surface area contributed by atoms with E-state index in [1.165, 1.54) is 16.7 Å². The van der Waals surface area contributed by atoms with Gasteiger partial charge in [0, 0.05) is 16.5 Å². The lowest BCUT2D eigenvalue weighted by Crippen LogP contribution is -1.85. The molecule has 0 fully saturated rings. The smallest absolute Gasteiger partial charge is 0.152 e. The molecule has 0 aliphatic heterocycles. The Labute approximate surface area is 147 Å². The second-order valence-electron chi connectivity index (χ2n) is 6.21. The Bertz CT molecular complexity index is 1030. The number of aldehydes is 1. The summed E-state index contributed by atoms with van der Waals surface area (Å²) in [7, 11) is 0. The van der Waals surface area contributed by atoms with Gasteiger partial charge < -0.3 is 4.98 Å². The lowest BCUT2D eigenvalue weighted by Gasteiger charge is -2.04. The maximum Gasteiger partial charge on any atom is 0.152 e. The summed E-state index contributed by atoms with van der Waals surface area (Å²) >= 11 is 0. The number of aromatic amines is 1. The van der Waals surface area contributed by atoms with Crippen molar-refractivity contribution in [2.75, 3.05) is 0 Å². The second kappa shape index (κ2) is 6.40. The molecule has 1 aromatic heterocycles. The molecule has 0 bridgehead atoms. The van der Waals surface area contributed by atoms with Crippen LogP contribution in [0.4, 0.5) is 0 Å². The van der Waals surface area contributed by atoms with Crippen LogP contribution < -0.4 is 0 Å². The number of hydrogen-bond acceptors (Lipinski definition) is 1. The zero-order valence-electron chi connectivity index (χ0n) is 14.1. The molecule has 4 aromatic rings. The molecule has 0 atom stereocenters. The Morgan fingerprint density at radius 3 is 2.20 bits per heavy atom. The molecular formula is C23H19NO. The lowest BCUT2D eigenvalue weighted by atomic mass is 10.0. The van der Waals surface area contributed by atoms with Crippen molar-refractivity contribution in [2.24, 2.45) is 0 Å². The van der Waals surface area contributed by atoms with Crippen LogP contribution in [0.3, 0.4) is 0 Å². The van der Waals surface area contributed by atoms with E-state index in [4.69, 9.17) is 0 Å². The third-order valence-corrected chi connectivity index (χ3v) is 4.71. The van der Waals surface area contributed by atoms with Gasteiger partial charge in [-0.1, -0.05) is 67.6 Å². The van der Waals surface area contributed by atoms with Crippen molar-refractivity contribution in [1.82, 2.24) is 4.98 Å². The van der Waals surface area contributed by atoms with E-state index >= 15 is 0 Å². The molecule has 0 saturated carbocycles. The standard InChI is InChI=1S/C23H19NO/c1-2-16-8-13-22-20(14-16)21(15-25)23(24-22)19-11-9-18(10-12-19)17-6-4-3-5-7-17/h3-15,24H,2H2,1H3. The van der Waals surface area contributed by atoms with Crippen molar-refractivity contribution in [3.05, 3.63) is 83.9 Å². The normalized spacial score (nSPS) is 10.9. The maximum atomic E-state index is 11.7. The van der Waals surface area contributed by atoms with Crippen molar-refractivity contribution in [1.29, 1.82) is 0 Å². The predicted molar refractivity (Wildman–Crippen MR) is 104 cm³/mol. The Morgan fingerprint density at radius 1 is 0.840 bits per heavy atom. The first-order chi connectivity index (χ1) is 12.3. The van der Waals surface area contributed by atoms with Gasteiger partial charge in [-0.15, -0.1) is 0 Å². The number of hydrogen-bond donors (Lipinski definition) is 1. The number of aryl methyl sites for hydroxylation is 1. The summed E-state index contributed by atoms with van der Waals surface area (Å²) in [5.41, 5.74) is 7.24. The van der Waals surface area contributed by atoms with Crippen LogP contribution in [0.25, 0.3) is 33.3 Å². The van der Waals surface area contributed by atoms with E-state index in [2.05, 4.69) is 66.5 Å². The van der Waals surface area contributed by atoms with Gasteiger partial charge in [0.2, 0.25) is 0 Å². The highest BCUT2D eigenvalue weighted by atomic mass is 16.1. The predicted octanol–water partition coefficient (Wildman–Crippen LogP) is 5.88. The van der Waals surface area contributed by atoms with Gasteiger partial charge in [-0.25, -0.2) is 0 Å². The van der Waals surface area contributed by atoms with E-state index in [9.17, 15) is 4.79 Å². The third-order valence-electron chi connectivity index (χ3n) is 4.71. The van der Waals surface area contributed by atoms with Gasteiger partial charge in [-0.3, -0.25) is 4.79 Å². The Hall–Kier alpha value is -3.13. The van der Waals surface area contributed by atoms with Crippen LogP contribution in [-0.4, -0.2) is 11.3 Å². The molecule has 0 aliphatic rings. The van der Waals surface area contributed by atoms with E-state index in [0.717, 1.165) is 40.4 Å². The monoisotopic (exact) mass is 325 g/mol. The molecule has 0 radical (unpaired) electrons. The van der Waals surface area contributed by atoms with Crippen molar-refractivity contribution in [3.8, 4) is 22.4 Å². The summed E-state index contributed by atoms with van der Waals surface area (Å²) in [4.78, 5) is 15.2. The average Bonchev–Trinajstić information content (AvgIpc) is 3.06. The minimum absolute atomic E-state index is 0.734. The van der Waals surface area contributed by atoms with Gasteiger partial charge in [0.1, 0.15) is 0 Å². The number of rotatable bonds is 4. The number of nitrogens with one attached hydrogen (secondary N) is 1. The van der Waals surface area contributed by atoms with E-state index in [1.807, 2.05) is 18.2 Å². The molecule has 4 rings (SSSR count). The molecule has 0 spiro atoms. The number of carbonyl (C=O) groups is 1. The lowest BCUT2D eigenvalue weighted by molar-refractivity contribution is 0.112. The van der Waals surface area contributed by atoms with E-state index < -0.39 is 0 Å². The highest BCUT2D eigenvalue weighted by Crippen LogP contribution is 2.31. The summed E-state index contributed by atoms with van der Waals surface area (Å²) in [6.07, 6.45) is 1.92. The minimum atomic E-state index is 0.734. The summed E-state index contributed by atoms with van der Waals surface area (Å²) in [5.74, 6) is 0. The molecule has 3 aromatic carbocycles. The fraction of sp³-hybridized carbons (Fsp3) is 0.0870. The van der Waals surface area contributed by atoms with Gasteiger partial charge >= 0.3 is 0 Å². The zero-order chi connectivity index (χ0) is 17.2. The van der Waals surface area contributed by atoms with Crippen molar-refractivity contribution in [2.45, 2.75) is 13.3 Å². The van der Waals surface area contributed by atoms with E-state index in [-0.39, 0.29) is 0 Å². The van der Waals surface area contributed by atoms with Crippen LogP contribution in [0, 0.1) is 0 Å². The van der Waals surface area contributed by atoms with Crippen molar-refractivity contribution >= 4 is 17.2 Å². The van der Waals surface area contributed by atoms with Crippen LogP contribution in [0.2, 0.25) is 0 Å². The molecule has 2 heteroatoms. The van der Waals surface area contributed by atoms with Crippen molar-refractivity contribution in [3.63, 3.8) is 0 Å². The number of benzene rings is 3. The second-order valence-corrected chi connectivity index (χ2v) is 6.21. The summed E-state index contributed by atoms with van der Waals surface area (Å²) in [5, 5.41) is 0.997. The molecule has 122 valence electrons. The average molecular weight is 325 g/mol. The fourth-order valence-corrected chi connectivity index (χ4v) is 3.29. The Morgan fingerprint density at radius 2 is 1.52 bits per heavy atom. The van der Waals surface area contributed by atoms with Gasteiger partial charge in [-0.2, -0.15) is 0 Å². The first-order valence-electron chi connectivity index (χ1n) is 8.56. The molecule has 2 nitrogen and oxygen atoms in total. The fourth-order valence-electron chi connectivity index (χ4n) is 3.29. The minimum Gasteiger partial charge on any atom is -0.354 e. The van der Waals surface area contributed by atoms with Crippen LogP contribution in [0.1, 0.15) is 22.8 Å². The topological polar surface area (TPSA) is 32.9 Å². The molecule has 1 heterocycles. The molecule has 0 aliphatic carbocycles. The molecule has 0 unspecified atom stereocenters. The summed E-state index contributed by atoms with van der Waals surface area (Å²) < 4.78 is 0. The highest BCUT2D eigenvalue weighted by Gasteiger charge is 2.13. The van der Waals surface area contributed by atoms with Gasteiger partial charge in [0.15, 0.2) is 6.29 Å². The van der Waals surface area contributed by atoms with Crippen LogP contribution in [0.5, 0.6) is 0 Å². The zero-order valence-corrected chi connectivity index (χ0v) is 14.1. The van der Waals surface area contributed by atoms with E-state index in [0.29, 0.717) is 0 Å². The number of aromatic nitrogens is 1.